The Hall–Kier alpha value is -2.24. The van der Waals surface area contributed by atoms with Crippen LogP contribution in [0.4, 0.5) is 0 Å². The number of rotatable bonds is 5. The molecule has 11 heteroatoms. The number of amides is 1. The van der Waals surface area contributed by atoms with Gasteiger partial charge in [-0.1, -0.05) is 23.7 Å². The van der Waals surface area contributed by atoms with E-state index in [4.69, 9.17) is 16.7 Å². The van der Waals surface area contributed by atoms with E-state index in [0.717, 1.165) is 10.8 Å². The molecule has 2 aromatic rings. The van der Waals surface area contributed by atoms with Crippen LogP contribution >= 0.6 is 11.6 Å². The van der Waals surface area contributed by atoms with Gasteiger partial charge in [0.15, 0.2) is 0 Å². The second kappa shape index (κ2) is 9.32. The standard InChI is InChI=1S/C21H25ClN4O5S/c22-17-3-1-16-12-18(4-2-15(16)11-17)32(30,31)26-6-5-23-19(13-26)21(29)25-9-7-24(8-10-25)14-20(27)28/h1-4,11-12,19,23H,5-10,13-14H2,(H,27,28). The summed E-state index contributed by atoms with van der Waals surface area (Å²) in [5.41, 5.74) is 0. The minimum Gasteiger partial charge on any atom is -0.480 e. The third-order valence-electron chi connectivity index (χ3n) is 5.89. The number of carbonyl (C=O) groups is 2. The van der Waals surface area contributed by atoms with Gasteiger partial charge in [0.25, 0.3) is 0 Å². The van der Waals surface area contributed by atoms with Crippen LogP contribution in [0, 0.1) is 0 Å². The molecule has 0 bridgehead atoms. The molecule has 2 saturated heterocycles. The summed E-state index contributed by atoms with van der Waals surface area (Å²) in [4.78, 5) is 27.5. The van der Waals surface area contributed by atoms with Gasteiger partial charge in [-0.25, -0.2) is 8.42 Å². The molecule has 1 atom stereocenters. The highest BCUT2D eigenvalue weighted by Crippen LogP contribution is 2.25. The van der Waals surface area contributed by atoms with Crippen LogP contribution in [-0.4, -0.2) is 97.9 Å². The number of benzene rings is 2. The number of fused-ring (bicyclic) bond motifs is 1. The molecule has 2 aliphatic heterocycles. The number of aliphatic carboxylic acids is 1. The van der Waals surface area contributed by atoms with Crippen molar-refractivity contribution in [1.82, 2.24) is 19.4 Å². The van der Waals surface area contributed by atoms with Gasteiger partial charge in [0.1, 0.15) is 6.04 Å². The molecule has 32 heavy (non-hydrogen) atoms. The molecule has 2 fully saturated rings. The Morgan fingerprint density at radius 2 is 1.72 bits per heavy atom. The SMILES string of the molecule is O=C(O)CN1CCN(C(=O)C2CN(S(=O)(=O)c3ccc4cc(Cl)ccc4c3)CCN2)CC1. The Labute approximate surface area is 191 Å². The van der Waals surface area contributed by atoms with E-state index in [1.54, 1.807) is 46.2 Å². The molecule has 2 aliphatic rings. The zero-order chi connectivity index (χ0) is 22.9. The first kappa shape index (κ1) is 22.9. The van der Waals surface area contributed by atoms with E-state index in [1.807, 2.05) is 0 Å². The lowest BCUT2D eigenvalue weighted by atomic mass is 10.1. The minimum absolute atomic E-state index is 0.0479. The minimum atomic E-state index is -3.77. The van der Waals surface area contributed by atoms with Crippen molar-refractivity contribution >= 4 is 44.3 Å². The number of carboxylic acids is 1. The number of nitrogens with one attached hydrogen (secondary N) is 1. The van der Waals surface area contributed by atoms with Crippen LogP contribution in [0.3, 0.4) is 0 Å². The zero-order valence-electron chi connectivity index (χ0n) is 17.4. The second-order valence-electron chi connectivity index (χ2n) is 8.02. The van der Waals surface area contributed by atoms with Gasteiger partial charge in [0.05, 0.1) is 11.4 Å². The fraction of sp³-hybridized carbons (Fsp3) is 0.429. The van der Waals surface area contributed by atoms with Gasteiger partial charge in [-0.15, -0.1) is 0 Å². The summed E-state index contributed by atoms with van der Waals surface area (Å²) >= 11 is 6.01. The molecule has 1 unspecified atom stereocenters. The maximum absolute atomic E-state index is 13.3. The number of piperazine rings is 2. The Kier molecular flexibility index (Phi) is 6.68. The first-order valence-corrected chi connectivity index (χ1v) is 12.2. The number of carboxylic acid groups (broad SMARTS) is 1. The van der Waals surface area contributed by atoms with Gasteiger partial charge in [-0.05, 0) is 35.0 Å². The first-order chi connectivity index (χ1) is 15.2. The van der Waals surface area contributed by atoms with Gasteiger partial charge < -0.3 is 15.3 Å². The lowest BCUT2D eigenvalue weighted by molar-refractivity contribution is -0.140. The Bertz CT molecular complexity index is 1130. The highest BCUT2D eigenvalue weighted by molar-refractivity contribution is 7.89. The highest BCUT2D eigenvalue weighted by Gasteiger charge is 2.35. The molecule has 0 saturated carbocycles. The lowest BCUT2D eigenvalue weighted by Crippen LogP contribution is -2.61. The molecule has 0 spiro atoms. The van der Waals surface area contributed by atoms with Crippen molar-refractivity contribution in [2.45, 2.75) is 10.9 Å². The average molecular weight is 481 g/mol. The molecular formula is C21H25ClN4O5S. The first-order valence-electron chi connectivity index (χ1n) is 10.4. The summed E-state index contributed by atoms with van der Waals surface area (Å²) in [5.74, 6) is -1.05. The van der Waals surface area contributed by atoms with Crippen molar-refractivity contribution in [3.63, 3.8) is 0 Å². The maximum atomic E-state index is 13.3. The van der Waals surface area contributed by atoms with Crippen molar-refractivity contribution in [1.29, 1.82) is 0 Å². The van der Waals surface area contributed by atoms with E-state index < -0.39 is 22.0 Å². The van der Waals surface area contributed by atoms with Gasteiger partial charge >= 0.3 is 5.97 Å². The number of hydrogen-bond donors (Lipinski definition) is 2. The van der Waals surface area contributed by atoms with Crippen LogP contribution in [0.1, 0.15) is 0 Å². The monoisotopic (exact) mass is 480 g/mol. The van der Waals surface area contributed by atoms with Crippen molar-refractivity contribution in [3.8, 4) is 0 Å². The molecule has 1 amide bonds. The van der Waals surface area contributed by atoms with Crippen molar-refractivity contribution in [3.05, 3.63) is 41.4 Å². The normalized spacial score (nSPS) is 21.0. The fourth-order valence-electron chi connectivity index (χ4n) is 4.15. The van der Waals surface area contributed by atoms with E-state index >= 15 is 0 Å². The number of nitrogens with zero attached hydrogens (tertiary/aromatic N) is 3. The molecule has 2 heterocycles. The summed E-state index contributed by atoms with van der Waals surface area (Å²) < 4.78 is 27.9. The van der Waals surface area contributed by atoms with Crippen molar-refractivity contribution in [2.24, 2.45) is 0 Å². The molecule has 0 radical (unpaired) electrons. The van der Waals surface area contributed by atoms with E-state index in [9.17, 15) is 18.0 Å². The van der Waals surface area contributed by atoms with E-state index in [0.29, 0.717) is 37.7 Å². The van der Waals surface area contributed by atoms with Crippen LogP contribution in [0.2, 0.25) is 5.02 Å². The Morgan fingerprint density at radius 1 is 1.03 bits per heavy atom. The summed E-state index contributed by atoms with van der Waals surface area (Å²) in [6.07, 6.45) is 0. The van der Waals surface area contributed by atoms with Gasteiger partial charge in [-0.3, -0.25) is 14.5 Å². The van der Waals surface area contributed by atoms with Crippen LogP contribution < -0.4 is 5.32 Å². The number of sulfonamides is 1. The van der Waals surface area contributed by atoms with E-state index in [-0.39, 0.29) is 30.4 Å². The fourth-order valence-corrected chi connectivity index (χ4v) is 5.82. The van der Waals surface area contributed by atoms with E-state index in [1.165, 1.54) is 4.31 Å². The molecule has 0 aromatic heterocycles. The number of hydrogen-bond acceptors (Lipinski definition) is 6. The molecule has 172 valence electrons. The van der Waals surface area contributed by atoms with Crippen LogP contribution in [0.15, 0.2) is 41.3 Å². The maximum Gasteiger partial charge on any atom is 0.317 e. The zero-order valence-corrected chi connectivity index (χ0v) is 19.0. The van der Waals surface area contributed by atoms with Crippen LogP contribution in [-0.2, 0) is 19.6 Å². The van der Waals surface area contributed by atoms with Crippen molar-refractivity contribution < 1.29 is 23.1 Å². The van der Waals surface area contributed by atoms with Crippen LogP contribution in [0.5, 0.6) is 0 Å². The van der Waals surface area contributed by atoms with E-state index in [2.05, 4.69) is 5.32 Å². The third-order valence-corrected chi connectivity index (χ3v) is 7.99. The molecule has 0 aliphatic carbocycles. The Morgan fingerprint density at radius 3 is 2.44 bits per heavy atom. The molecule has 9 nitrogen and oxygen atoms in total. The summed E-state index contributed by atoms with van der Waals surface area (Å²) in [6, 6.07) is 9.57. The predicted molar refractivity (Wildman–Crippen MR) is 120 cm³/mol. The van der Waals surface area contributed by atoms with Crippen molar-refractivity contribution in [2.75, 3.05) is 52.4 Å². The lowest BCUT2D eigenvalue weighted by Gasteiger charge is -2.38. The van der Waals surface area contributed by atoms with Gasteiger partial charge in [0.2, 0.25) is 15.9 Å². The quantitative estimate of drug-likeness (QED) is 0.647. The predicted octanol–water partition coefficient (Wildman–Crippen LogP) is 0.685. The summed E-state index contributed by atoms with van der Waals surface area (Å²) in [6.45, 7) is 2.45. The van der Waals surface area contributed by atoms with Gasteiger partial charge in [0, 0.05) is 50.8 Å². The topological polar surface area (TPSA) is 110 Å². The number of halogens is 1. The van der Waals surface area contributed by atoms with Gasteiger partial charge in [-0.2, -0.15) is 4.31 Å². The molecular weight excluding hydrogens is 456 g/mol. The third kappa shape index (κ3) is 4.89. The smallest absolute Gasteiger partial charge is 0.317 e. The average Bonchev–Trinajstić information content (AvgIpc) is 2.78. The molecule has 2 aromatic carbocycles. The Balaban J connectivity index is 1.44. The largest absolute Gasteiger partial charge is 0.480 e. The summed E-state index contributed by atoms with van der Waals surface area (Å²) in [5, 5.41) is 14.3. The summed E-state index contributed by atoms with van der Waals surface area (Å²) in [7, 11) is -3.77. The molecule has 4 rings (SSSR count). The second-order valence-corrected chi connectivity index (χ2v) is 10.4. The molecule has 2 N–H and O–H groups in total. The van der Waals surface area contributed by atoms with Crippen LogP contribution in [0.25, 0.3) is 10.8 Å². The highest BCUT2D eigenvalue weighted by atomic mass is 35.5. The number of carbonyl (C=O) groups excluding carboxylic acids is 1.